The summed E-state index contributed by atoms with van der Waals surface area (Å²) < 4.78 is 25.7. The van der Waals surface area contributed by atoms with Crippen LogP contribution in [0.2, 0.25) is 0 Å². The van der Waals surface area contributed by atoms with Gasteiger partial charge in [-0.2, -0.15) is 0 Å². The standard InChI is InChI=1S/C21H28N2O3S/c1-6-17-9-7-8-16(4)21(17)22-20(24)14-23(27(5,25)26)19-12-10-18(11-13-19)15(2)3/h7-13,15H,6,14H2,1-5H3,(H,22,24). The Morgan fingerprint density at radius 1 is 1.11 bits per heavy atom. The zero-order chi connectivity index (χ0) is 20.2. The maximum Gasteiger partial charge on any atom is 0.245 e. The summed E-state index contributed by atoms with van der Waals surface area (Å²) in [5, 5.41) is 2.89. The van der Waals surface area contributed by atoms with Gasteiger partial charge in [-0.3, -0.25) is 9.10 Å². The quantitative estimate of drug-likeness (QED) is 0.777. The van der Waals surface area contributed by atoms with Crippen LogP contribution in [0.15, 0.2) is 42.5 Å². The van der Waals surface area contributed by atoms with Gasteiger partial charge in [-0.15, -0.1) is 0 Å². The molecule has 0 radical (unpaired) electrons. The van der Waals surface area contributed by atoms with E-state index in [1.54, 1.807) is 12.1 Å². The molecule has 146 valence electrons. The predicted molar refractivity (Wildman–Crippen MR) is 112 cm³/mol. The van der Waals surface area contributed by atoms with Gasteiger partial charge in [0.1, 0.15) is 6.54 Å². The van der Waals surface area contributed by atoms with Crippen LogP contribution < -0.4 is 9.62 Å². The average Bonchev–Trinajstić information content (AvgIpc) is 2.60. The fourth-order valence-electron chi connectivity index (χ4n) is 2.94. The highest BCUT2D eigenvalue weighted by atomic mass is 32.2. The molecule has 2 aromatic carbocycles. The molecule has 0 spiro atoms. The Labute approximate surface area is 162 Å². The molecule has 1 amide bonds. The minimum Gasteiger partial charge on any atom is -0.324 e. The molecule has 0 fully saturated rings. The topological polar surface area (TPSA) is 66.5 Å². The van der Waals surface area contributed by atoms with Crippen LogP contribution in [-0.2, 0) is 21.2 Å². The van der Waals surface area contributed by atoms with E-state index in [0.29, 0.717) is 11.6 Å². The van der Waals surface area contributed by atoms with Gasteiger partial charge >= 0.3 is 0 Å². The number of amides is 1. The second kappa shape index (κ2) is 8.57. The molecule has 0 aliphatic heterocycles. The van der Waals surface area contributed by atoms with Crippen molar-refractivity contribution in [3.8, 4) is 0 Å². The minimum absolute atomic E-state index is 0.267. The summed E-state index contributed by atoms with van der Waals surface area (Å²) >= 11 is 0. The third-order valence-corrected chi connectivity index (χ3v) is 5.68. The number of benzene rings is 2. The third kappa shape index (κ3) is 5.32. The number of sulfonamides is 1. The number of carbonyl (C=O) groups excluding carboxylic acids is 1. The number of carbonyl (C=O) groups is 1. The first-order valence-electron chi connectivity index (χ1n) is 9.09. The van der Waals surface area contributed by atoms with Gasteiger partial charge in [0.2, 0.25) is 15.9 Å². The number of aryl methyl sites for hydroxylation is 2. The van der Waals surface area contributed by atoms with E-state index in [0.717, 1.165) is 39.4 Å². The Balaban J connectivity index is 2.26. The number of nitrogens with zero attached hydrogens (tertiary/aromatic N) is 1. The smallest absolute Gasteiger partial charge is 0.245 e. The number of hydrogen-bond acceptors (Lipinski definition) is 3. The Kier molecular flexibility index (Phi) is 6.65. The molecular weight excluding hydrogens is 360 g/mol. The van der Waals surface area contributed by atoms with Crippen molar-refractivity contribution in [3.63, 3.8) is 0 Å². The molecule has 0 unspecified atom stereocenters. The molecule has 0 aromatic heterocycles. The van der Waals surface area contributed by atoms with Crippen molar-refractivity contribution < 1.29 is 13.2 Å². The number of hydrogen-bond donors (Lipinski definition) is 1. The Hall–Kier alpha value is -2.34. The molecule has 5 nitrogen and oxygen atoms in total. The molecule has 0 heterocycles. The molecule has 2 rings (SSSR count). The zero-order valence-electron chi connectivity index (χ0n) is 16.6. The van der Waals surface area contributed by atoms with Gasteiger partial charge in [0.05, 0.1) is 11.9 Å². The van der Waals surface area contributed by atoms with Gasteiger partial charge in [0, 0.05) is 5.69 Å². The Morgan fingerprint density at radius 3 is 2.26 bits per heavy atom. The molecular formula is C21H28N2O3S. The summed E-state index contributed by atoms with van der Waals surface area (Å²) in [6.45, 7) is 7.82. The molecule has 0 aliphatic carbocycles. The van der Waals surface area contributed by atoms with E-state index in [9.17, 15) is 13.2 Å². The highest BCUT2D eigenvalue weighted by molar-refractivity contribution is 7.92. The highest BCUT2D eigenvalue weighted by Crippen LogP contribution is 2.24. The molecule has 0 saturated carbocycles. The zero-order valence-corrected chi connectivity index (χ0v) is 17.4. The van der Waals surface area contributed by atoms with Crippen molar-refractivity contribution in [2.45, 2.75) is 40.0 Å². The Bertz CT molecular complexity index is 904. The summed E-state index contributed by atoms with van der Waals surface area (Å²) in [6.07, 6.45) is 1.89. The fraction of sp³-hybridized carbons (Fsp3) is 0.381. The van der Waals surface area contributed by atoms with E-state index >= 15 is 0 Å². The van der Waals surface area contributed by atoms with E-state index in [1.165, 1.54) is 0 Å². The summed E-state index contributed by atoms with van der Waals surface area (Å²) in [6, 6.07) is 13.1. The fourth-order valence-corrected chi connectivity index (χ4v) is 3.79. The van der Waals surface area contributed by atoms with Crippen LogP contribution in [0.25, 0.3) is 0 Å². The molecule has 1 N–H and O–H groups in total. The molecule has 0 saturated heterocycles. The van der Waals surface area contributed by atoms with Gasteiger partial charge in [0.25, 0.3) is 0 Å². The first kappa shape index (κ1) is 21.0. The number of nitrogens with one attached hydrogen (secondary N) is 1. The van der Waals surface area contributed by atoms with Crippen LogP contribution in [0, 0.1) is 6.92 Å². The van der Waals surface area contributed by atoms with Crippen LogP contribution >= 0.6 is 0 Å². The van der Waals surface area contributed by atoms with E-state index < -0.39 is 10.0 Å². The van der Waals surface area contributed by atoms with Crippen molar-refractivity contribution in [3.05, 3.63) is 59.2 Å². The van der Waals surface area contributed by atoms with Crippen LogP contribution in [0.4, 0.5) is 11.4 Å². The van der Waals surface area contributed by atoms with Crippen LogP contribution in [-0.4, -0.2) is 27.1 Å². The van der Waals surface area contributed by atoms with Gasteiger partial charge in [-0.25, -0.2) is 8.42 Å². The van der Waals surface area contributed by atoms with Crippen molar-refractivity contribution in [2.24, 2.45) is 0 Å². The summed E-state index contributed by atoms with van der Waals surface area (Å²) in [7, 11) is -3.59. The summed E-state index contributed by atoms with van der Waals surface area (Å²) in [5.74, 6) is -0.0140. The number of para-hydroxylation sites is 1. The molecule has 0 atom stereocenters. The Morgan fingerprint density at radius 2 is 1.74 bits per heavy atom. The molecule has 2 aromatic rings. The molecule has 6 heteroatoms. The first-order chi connectivity index (χ1) is 12.6. The largest absolute Gasteiger partial charge is 0.324 e. The van der Waals surface area contributed by atoms with Gasteiger partial charge in [0.15, 0.2) is 0 Å². The lowest BCUT2D eigenvalue weighted by molar-refractivity contribution is -0.114. The van der Waals surface area contributed by atoms with Crippen molar-refractivity contribution in [1.29, 1.82) is 0 Å². The lowest BCUT2D eigenvalue weighted by atomic mass is 10.0. The second-order valence-corrected chi connectivity index (χ2v) is 8.93. The molecule has 0 bridgehead atoms. The van der Waals surface area contributed by atoms with E-state index in [-0.39, 0.29) is 12.5 Å². The maximum atomic E-state index is 12.6. The van der Waals surface area contributed by atoms with Crippen LogP contribution in [0.5, 0.6) is 0 Å². The number of rotatable bonds is 7. The van der Waals surface area contributed by atoms with Gasteiger partial charge in [-0.05, 0) is 48.1 Å². The molecule has 27 heavy (non-hydrogen) atoms. The second-order valence-electron chi connectivity index (χ2n) is 7.03. The van der Waals surface area contributed by atoms with E-state index in [4.69, 9.17) is 0 Å². The van der Waals surface area contributed by atoms with Crippen molar-refractivity contribution in [2.75, 3.05) is 22.4 Å². The first-order valence-corrected chi connectivity index (χ1v) is 10.9. The minimum atomic E-state index is -3.59. The number of anilines is 2. The van der Waals surface area contributed by atoms with E-state index in [2.05, 4.69) is 19.2 Å². The monoisotopic (exact) mass is 388 g/mol. The van der Waals surface area contributed by atoms with Gasteiger partial charge in [-0.1, -0.05) is 51.1 Å². The van der Waals surface area contributed by atoms with Crippen molar-refractivity contribution >= 4 is 27.3 Å². The SMILES string of the molecule is CCc1cccc(C)c1NC(=O)CN(c1ccc(C(C)C)cc1)S(C)(=O)=O. The highest BCUT2D eigenvalue weighted by Gasteiger charge is 2.21. The summed E-state index contributed by atoms with van der Waals surface area (Å²) in [5.41, 5.74) is 4.33. The van der Waals surface area contributed by atoms with Gasteiger partial charge < -0.3 is 5.32 Å². The van der Waals surface area contributed by atoms with E-state index in [1.807, 2.05) is 44.2 Å². The third-order valence-electron chi connectivity index (χ3n) is 4.54. The maximum absolute atomic E-state index is 12.6. The van der Waals surface area contributed by atoms with Crippen LogP contribution in [0.3, 0.4) is 0 Å². The van der Waals surface area contributed by atoms with Crippen LogP contribution in [0.1, 0.15) is 43.4 Å². The van der Waals surface area contributed by atoms with Crippen molar-refractivity contribution in [1.82, 2.24) is 0 Å². The normalized spacial score (nSPS) is 11.5. The summed E-state index contributed by atoms with van der Waals surface area (Å²) in [4.78, 5) is 12.6. The lowest BCUT2D eigenvalue weighted by Gasteiger charge is -2.23. The predicted octanol–water partition coefficient (Wildman–Crippen LogP) is 4.09. The average molecular weight is 389 g/mol. The lowest BCUT2D eigenvalue weighted by Crippen LogP contribution is -2.37. The molecule has 0 aliphatic rings.